The summed E-state index contributed by atoms with van der Waals surface area (Å²) in [4.78, 5) is 16.2. The lowest BCUT2D eigenvalue weighted by Gasteiger charge is -2.36. The van der Waals surface area contributed by atoms with Gasteiger partial charge in [0, 0.05) is 57.1 Å². The summed E-state index contributed by atoms with van der Waals surface area (Å²) in [6.45, 7) is 9.58. The van der Waals surface area contributed by atoms with Gasteiger partial charge in [0.25, 0.3) is 0 Å². The number of nitrogens with zero attached hydrogens (tertiary/aromatic N) is 2. The molecule has 3 rings (SSSR count). The van der Waals surface area contributed by atoms with E-state index >= 15 is 0 Å². The van der Waals surface area contributed by atoms with Gasteiger partial charge in [0.15, 0.2) is 11.5 Å². The fourth-order valence-electron chi connectivity index (χ4n) is 3.67. The Morgan fingerprint density at radius 1 is 1.07 bits per heavy atom. The highest BCUT2D eigenvalue weighted by Crippen LogP contribution is 2.30. The van der Waals surface area contributed by atoms with Crippen LogP contribution in [-0.2, 0) is 4.79 Å². The Bertz CT molecular complexity index is 817. The molecule has 0 aliphatic carbocycles. The van der Waals surface area contributed by atoms with Gasteiger partial charge in [-0.3, -0.25) is 9.69 Å². The SMILES string of the molecule is COc1cc(NC(C)=O)ccc1OCCCN1CCN(c2ccccc2C)CC1. The Hall–Kier alpha value is -2.73. The summed E-state index contributed by atoms with van der Waals surface area (Å²) in [5.41, 5.74) is 3.39. The summed E-state index contributed by atoms with van der Waals surface area (Å²) in [7, 11) is 1.60. The molecule has 0 spiro atoms. The third-order valence-corrected chi connectivity index (χ3v) is 5.19. The molecule has 156 valence electrons. The molecule has 1 fully saturated rings. The number of para-hydroxylation sites is 1. The molecule has 1 aliphatic heterocycles. The fraction of sp³-hybridized carbons (Fsp3) is 0.435. The van der Waals surface area contributed by atoms with Crippen LogP contribution in [0.5, 0.6) is 11.5 Å². The van der Waals surface area contributed by atoms with Gasteiger partial charge in [0.1, 0.15) is 0 Å². The molecule has 1 N–H and O–H groups in total. The second kappa shape index (κ2) is 10.2. The zero-order valence-corrected chi connectivity index (χ0v) is 17.6. The standard InChI is InChI=1S/C23H31N3O3/c1-18-7-4-5-8-21(18)26-14-12-25(13-15-26)11-6-16-29-22-10-9-20(24-19(2)27)17-23(22)28-3/h4-5,7-10,17H,6,11-16H2,1-3H3,(H,24,27). The Labute approximate surface area is 173 Å². The average Bonchev–Trinajstić information content (AvgIpc) is 2.72. The van der Waals surface area contributed by atoms with Crippen molar-refractivity contribution in [3.8, 4) is 11.5 Å². The van der Waals surface area contributed by atoms with Crippen molar-refractivity contribution in [2.75, 3.05) is 56.7 Å². The van der Waals surface area contributed by atoms with E-state index < -0.39 is 0 Å². The van der Waals surface area contributed by atoms with Crippen molar-refractivity contribution in [1.82, 2.24) is 4.90 Å². The molecule has 6 heteroatoms. The molecular formula is C23H31N3O3. The first kappa shape index (κ1) is 21.0. The number of piperazine rings is 1. The number of rotatable bonds is 8. The van der Waals surface area contributed by atoms with Gasteiger partial charge < -0.3 is 19.7 Å². The summed E-state index contributed by atoms with van der Waals surface area (Å²) in [5, 5.41) is 2.75. The largest absolute Gasteiger partial charge is 0.493 e. The van der Waals surface area contributed by atoms with Crippen LogP contribution in [0.15, 0.2) is 42.5 Å². The predicted molar refractivity (Wildman–Crippen MR) is 117 cm³/mol. The maximum absolute atomic E-state index is 11.2. The molecule has 1 amide bonds. The minimum absolute atomic E-state index is 0.108. The van der Waals surface area contributed by atoms with E-state index in [1.54, 1.807) is 13.2 Å². The Balaban J connectivity index is 1.41. The quantitative estimate of drug-likeness (QED) is 0.691. The number of nitrogens with one attached hydrogen (secondary N) is 1. The molecule has 0 bridgehead atoms. The van der Waals surface area contributed by atoms with Gasteiger partial charge in [0.05, 0.1) is 13.7 Å². The van der Waals surface area contributed by atoms with E-state index in [9.17, 15) is 4.79 Å². The van der Waals surface area contributed by atoms with E-state index in [4.69, 9.17) is 9.47 Å². The molecule has 2 aromatic carbocycles. The summed E-state index contributed by atoms with van der Waals surface area (Å²) >= 11 is 0. The van der Waals surface area contributed by atoms with Gasteiger partial charge in [-0.15, -0.1) is 0 Å². The molecule has 1 saturated heterocycles. The normalized spacial score (nSPS) is 14.5. The van der Waals surface area contributed by atoms with Gasteiger partial charge >= 0.3 is 0 Å². The number of hydrogen-bond donors (Lipinski definition) is 1. The Morgan fingerprint density at radius 2 is 1.83 bits per heavy atom. The van der Waals surface area contributed by atoms with Gasteiger partial charge in [-0.25, -0.2) is 0 Å². The molecule has 29 heavy (non-hydrogen) atoms. The lowest BCUT2D eigenvalue weighted by atomic mass is 10.1. The van der Waals surface area contributed by atoms with Gasteiger partial charge in [-0.05, 0) is 37.1 Å². The van der Waals surface area contributed by atoms with Crippen molar-refractivity contribution in [2.45, 2.75) is 20.3 Å². The number of aryl methyl sites for hydroxylation is 1. The van der Waals surface area contributed by atoms with Crippen molar-refractivity contribution in [3.05, 3.63) is 48.0 Å². The minimum atomic E-state index is -0.108. The molecule has 0 radical (unpaired) electrons. The van der Waals surface area contributed by atoms with Gasteiger partial charge in [-0.2, -0.15) is 0 Å². The monoisotopic (exact) mass is 397 g/mol. The maximum Gasteiger partial charge on any atom is 0.221 e. The van der Waals surface area contributed by atoms with Crippen molar-refractivity contribution in [3.63, 3.8) is 0 Å². The number of carbonyl (C=O) groups excluding carboxylic acids is 1. The molecule has 1 aliphatic rings. The number of methoxy groups -OCH3 is 1. The highest BCUT2D eigenvalue weighted by molar-refractivity contribution is 5.89. The first-order valence-corrected chi connectivity index (χ1v) is 10.2. The zero-order valence-electron chi connectivity index (χ0n) is 17.6. The number of amides is 1. The van der Waals surface area contributed by atoms with Crippen molar-refractivity contribution in [2.24, 2.45) is 0 Å². The number of carbonyl (C=O) groups is 1. The predicted octanol–water partition coefficient (Wildman–Crippen LogP) is 3.55. The van der Waals surface area contributed by atoms with Crippen LogP contribution in [0, 0.1) is 6.92 Å². The van der Waals surface area contributed by atoms with Crippen LogP contribution in [0.25, 0.3) is 0 Å². The number of benzene rings is 2. The van der Waals surface area contributed by atoms with Crippen LogP contribution in [0.1, 0.15) is 18.9 Å². The number of anilines is 2. The third kappa shape index (κ3) is 5.87. The fourth-order valence-corrected chi connectivity index (χ4v) is 3.67. The third-order valence-electron chi connectivity index (χ3n) is 5.19. The first-order chi connectivity index (χ1) is 14.1. The van der Waals surface area contributed by atoms with Crippen LogP contribution >= 0.6 is 0 Å². The van der Waals surface area contributed by atoms with Gasteiger partial charge in [-0.1, -0.05) is 18.2 Å². The molecule has 0 unspecified atom stereocenters. The molecule has 1 heterocycles. The van der Waals surface area contributed by atoms with Gasteiger partial charge in [0.2, 0.25) is 5.91 Å². The van der Waals surface area contributed by atoms with Crippen LogP contribution in [0.3, 0.4) is 0 Å². The first-order valence-electron chi connectivity index (χ1n) is 10.2. The summed E-state index contributed by atoms with van der Waals surface area (Å²) in [6, 6.07) is 14.0. The topological polar surface area (TPSA) is 54.0 Å². The van der Waals surface area contributed by atoms with E-state index in [0.29, 0.717) is 23.8 Å². The highest BCUT2D eigenvalue weighted by atomic mass is 16.5. The second-order valence-corrected chi connectivity index (χ2v) is 7.36. The number of ether oxygens (including phenoxy) is 2. The van der Waals surface area contributed by atoms with E-state index in [0.717, 1.165) is 39.1 Å². The van der Waals surface area contributed by atoms with Crippen molar-refractivity contribution < 1.29 is 14.3 Å². The summed E-state index contributed by atoms with van der Waals surface area (Å²) in [6.07, 6.45) is 0.959. The molecule has 6 nitrogen and oxygen atoms in total. The van der Waals surface area contributed by atoms with Crippen molar-refractivity contribution in [1.29, 1.82) is 0 Å². The Morgan fingerprint density at radius 3 is 2.52 bits per heavy atom. The smallest absolute Gasteiger partial charge is 0.221 e. The van der Waals surface area contributed by atoms with E-state index in [1.165, 1.54) is 18.2 Å². The van der Waals surface area contributed by atoms with Crippen molar-refractivity contribution >= 4 is 17.3 Å². The highest BCUT2D eigenvalue weighted by Gasteiger charge is 2.17. The molecule has 0 saturated carbocycles. The van der Waals surface area contributed by atoms with Crippen LogP contribution in [-0.4, -0.2) is 57.2 Å². The Kier molecular flexibility index (Phi) is 7.36. The van der Waals surface area contributed by atoms with E-state index in [1.807, 2.05) is 12.1 Å². The van der Waals surface area contributed by atoms with E-state index in [-0.39, 0.29) is 5.91 Å². The van der Waals surface area contributed by atoms with Crippen LogP contribution < -0.4 is 19.7 Å². The maximum atomic E-state index is 11.2. The lowest BCUT2D eigenvalue weighted by Crippen LogP contribution is -2.47. The minimum Gasteiger partial charge on any atom is -0.493 e. The van der Waals surface area contributed by atoms with Crippen LogP contribution in [0.2, 0.25) is 0 Å². The summed E-state index contributed by atoms with van der Waals surface area (Å²) in [5.74, 6) is 1.22. The van der Waals surface area contributed by atoms with Crippen LogP contribution in [0.4, 0.5) is 11.4 Å². The van der Waals surface area contributed by atoms with E-state index in [2.05, 4.69) is 46.3 Å². The average molecular weight is 398 g/mol. The molecular weight excluding hydrogens is 366 g/mol. The molecule has 2 aromatic rings. The second-order valence-electron chi connectivity index (χ2n) is 7.36. The zero-order chi connectivity index (χ0) is 20.6. The molecule has 0 aromatic heterocycles. The molecule has 0 atom stereocenters. The summed E-state index contributed by atoms with van der Waals surface area (Å²) < 4.78 is 11.3. The number of hydrogen-bond acceptors (Lipinski definition) is 5. The lowest BCUT2D eigenvalue weighted by molar-refractivity contribution is -0.114.